The molecule has 2 heterocycles. The van der Waals surface area contributed by atoms with Crippen LogP contribution in [0.1, 0.15) is 49.8 Å². The van der Waals surface area contributed by atoms with E-state index < -0.39 is 0 Å². The van der Waals surface area contributed by atoms with E-state index in [9.17, 15) is 4.79 Å². The second-order valence-corrected chi connectivity index (χ2v) is 8.90. The zero-order valence-corrected chi connectivity index (χ0v) is 17.5. The van der Waals surface area contributed by atoms with E-state index >= 15 is 0 Å². The fourth-order valence-electron chi connectivity index (χ4n) is 4.00. The molecule has 1 atom stereocenters. The predicted molar refractivity (Wildman–Crippen MR) is 118 cm³/mol. The number of benzene rings is 2. The summed E-state index contributed by atoms with van der Waals surface area (Å²) in [7, 11) is 0. The van der Waals surface area contributed by atoms with Gasteiger partial charge in [-0.05, 0) is 44.0 Å². The number of hydrogen-bond donors (Lipinski definition) is 0. The fourth-order valence-corrected chi connectivity index (χ4v) is 5.01. The molecule has 0 saturated heterocycles. The van der Waals surface area contributed by atoms with Crippen LogP contribution >= 0.6 is 11.8 Å². The zero-order chi connectivity index (χ0) is 20.5. The maximum absolute atomic E-state index is 13.3. The molecule has 0 unspecified atom stereocenters. The Morgan fingerprint density at radius 1 is 1.03 bits per heavy atom. The van der Waals surface area contributed by atoms with Crippen LogP contribution in [0.3, 0.4) is 0 Å². The molecule has 152 valence electrons. The van der Waals surface area contributed by atoms with E-state index in [1.54, 1.807) is 0 Å². The van der Waals surface area contributed by atoms with Gasteiger partial charge in [-0.15, -0.1) is 10.2 Å². The highest BCUT2D eigenvalue weighted by atomic mass is 32.2. The van der Waals surface area contributed by atoms with Gasteiger partial charge in [-0.2, -0.15) is 0 Å². The molecule has 0 N–H and O–H groups in total. The minimum Gasteiger partial charge on any atom is -0.419 e. The number of rotatable bonds is 5. The first-order valence-electron chi connectivity index (χ1n) is 10.3. The van der Waals surface area contributed by atoms with Crippen LogP contribution in [0, 0.1) is 0 Å². The molecule has 0 bridgehead atoms. The van der Waals surface area contributed by atoms with Gasteiger partial charge in [-0.25, -0.2) is 4.98 Å². The molecular weight excluding hydrogens is 396 g/mol. The summed E-state index contributed by atoms with van der Waals surface area (Å²) in [5.74, 6) is 1.02. The quantitative estimate of drug-likeness (QED) is 0.318. The minimum absolute atomic E-state index is 0.0395. The van der Waals surface area contributed by atoms with Gasteiger partial charge in [0.2, 0.25) is 11.8 Å². The van der Waals surface area contributed by atoms with Crippen molar-refractivity contribution < 1.29 is 4.42 Å². The van der Waals surface area contributed by atoms with Crippen LogP contribution < -0.4 is 5.56 Å². The first kappa shape index (κ1) is 19.1. The van der Waals surface area contributed by atoms with Crippen molar-refractivity contribution in [2.24, 2.45) is 0 Å². The predicted octanol–water partition coefficient (Wildman–Crippen LogP) is 5.41. The molecule has 5 rings (SSSR count). The van der Waals surface area contributed by atoms with E-state index in [1.165, 1.54) is 11.8 Å². The van der Waals surface area contributed by atoms with Gasteiger partial charge in [0.15, 0.2) is 5.16 Å². The van der Waals surface area contributed by atoms with Gasteiger partial charge in [0.1, 0.15) is 0 Å². The van der Waals surface area contributed by atoms with Crippen LogP contribution in [0.2, 0.25) is 0 Å². The highest BCUT2D eigenvalue weighted by molar-refractivity contribution is 7.99. The van der Waals surface area contributed by atoms with Gasteiger partial charge in [0.25, 0.3) is 5.56 Å². The molecule has 1 aliphatic rings. The molecule has 0 radical (unpaired) electrons. The summed E-state index contributed by atoms with van der Waals surface area (Å²) in [5.41, 5.74) is 1.65. The topological polar surface area (TPSA) is 73.8 Å². The third-order valence-corrected chi connectivity index (χ3v) is 6.61. The molecule has 0 aliphatic heterocycles. The largest absolute Gasteiger partial charge is 0.419 e. The second kappa shape index (κ2) is 8.07. The molecule has 0 amide bonds. The third kappa shape index (κ3) is 3.54. The molecule has 1 saturated carbocycles. The fraction of sp³-hybridized carbons (Fsp3) is 0.304. The Kier molecular flexibility index (Phi) is 5.12. The number of para-hydroxylation sites is 1. The SMILES string of the molecule is C[C@H](Sc1nc2ccccc2c(=O)n1C1CCCC1)c1nnc(-c2ccccc2)o1. The van der Waals surface area contributed by atoms with Crippen molar-refractivity contribution >= 4 is 22.7 Å². The van der Waals surface area contributed by atoms with Crippen LogP contribution in [-0.4, -0.2) is 19.7 Å². The van der Waals surface area contributed by atoms with E-state index in [1.807, 2.05) is 66.1 Å². The van der Waals surface area contributed by atoms with Gasteiger partial charge in [0.05, 0.1) is 16.2 Å². The number of nitrogens with zero attached hydrogens (tertiary/aromatic N) is 4. The van der Waals surface area contributed by atoms with E-state index in [-0.39, 0.29) is 16.9 Å². The van der Waals surface area contributed by atoms with Gasteiger partial charge in [0, 0.05) is 11.6 Å². The summed E-state index contributed by atoms with van der Waals surface area (Å²) in [5, 5.41) is 9.71. The van der Waals surface area contributed by atoms with Crippen LogP contribution in [0.25, 0.3) is 22.4 Å². The Labute approximate surface area is 178 Å². The molecule has 2 aromatic heterocycles. The lowest BCUT2D eigenvalue weighted by atomic mass is 10.2. The van der Waals surface area contributed by atoms with E-state index in [0.29, 0.717) is 17.2 Å². The van der Waals surface area contributed by atoms with Gasteiger partial charge >= 0.3 is 0 Å². The highest BCUT2D eigenvalue weighted by Gasteiger charge is 2.25. The normalized spacial score (nSPS) is 15.6. The summed E-state index contributed by atoms with van der Waals surface area (Å²) in [6.07, 6.45) is 4.32. The van der Waals surface area contributed by atoms with E-state index in [0.717, 1.165) is 41.9 Å². The first-order valence-corrected chi connectivity index (χ1v) is 11.2. The summed E-state index contributed by atoms with van der Waals surface area (Å²) in [4.78, 5) is 18.1. The third-order valence-electron chi connectivity index (χ3n) is 5.56. The first-order chi connectivity index (χ1) is 14.7. The van der Waals surface area contributed by atoms with E-state index in [2.05, 4.69) is 10.2 Å². The zero-order valence-electron chi connectivity index (χ0n) is 16.7. The summed E-state index contributed by atoms with van der Waals surface area (Å²) < 4.78 is 7.82. The Hall–Kier alpha value is -2.93. The van der Waals surface area contributed by atoms with Crippen molar-refractivity contribution in [3.8, 4) is 11.5 Å². The van der Waals surface area contributed by atoms with Gasteiger partial charge < -0.3 is 4.42 Å². The number of fused-ring (bicyclic) bond motifs is 1. The lowest BCUT2D eigenvalue weighted by molar-refractivity contribution is 0.456. The smallest absolute Gasteiger partial charge is 0.262 e. The molecule has 0 spiro atoms. The van der Waals surface area contributed by atoms with Crippen molar-refractivity contribution in [3.05, 3.63) is 70.8 Å². The Bertz CT molecular complexity index is 1230. The second-order valence-electron chi connectivity index (χ2n) is 7.60. The standard InChI is InChI=1S/C23H22N4O2S/c1-15(20-25-26-21(29-20)16-9-3-2-4-10-16)30-23-24-19-14-8-7-13-18(19)22(28)27(23)17-11-5-6-12-17/h2-4,7-10,13-15,17H,5-6,11-12H2,1H3/t15-/m0/s1. The maximum atomic E-state index is 13.3. The molecule has 2 aromatic carbocycles. The molecule has 30 heavy (non-hydrogen) atoms. The van der Waals surface area contributed by atoms with Gasteiger partial charge in [-0.3, -0.25) is 9.36 Å². The lowest BCUT2D eigenvalue weighted by Crippen LogP contribution is -2.26. The monoisotopic (exact) mass is 418 g/mol. The van der Waals surface area contributed by atoms with Crippen LogP contribution in [0.4, 0.5) is 0 Å². The number of thioether (sulfide) groups is 1. The van der Waals surface area contributed by atoms with Gasteiger partial charge in [-0.1, -0.05) is 54.9 Å². The molecular formula is C23H22N4O2S. The van der Waals surface area contributed by atoms with Crippen LogP contribution in [-0.2, 0) is 0 Å². The Morgan fingerprint density at radius 2 is 1.77 bits per heavy atom. The summed E-state index contributed by atoms with van der Waals surface area (Å²) in [6, 6.07) is 17.5. The number of aromatic nitrogens is 4. The average molecular weight is 419 g/mol. The molecule has 1 fully saturated rings. The van der Waals surface area contributed by atoms with Crippen LogP contribution in [0.15, 0.2) is 69.0 Å². The van der Waals surface area contributed by atoms with Crippen molar-refractivity contribution in [1.82, 2.24) is 19.7 Å². The molecule has 7 heteroatoms. The lowest BCUT2D eigenvalue weighted by Gasteiger charge is -2.19. The van der Waals surface area contributed by atoms with Crippen molar-refractivity contribution in [2.45, 2.75) is 49.1 Å². The van der Waals surface area contributed by atoms with Crippen molar-refractivity contribution in [3.63, 3.8) is 0 Å². The summed E-state index contributed by atoms with van der Waals surface area (Å²) >= 11 is 1.50. The van der Waals surface area contributed by atoms with Crippen LogP contribution in [0.5, 0.6) is 0 Å². The molecule has 4 aromatic rings. The Morgan fingerprint density at radius 3 is 2.57 bits per heavy atom. The average Bonchev–Trinajstić information content (AvgIpc) is 3.47. The number of hydrogen-bond acceptors (Lipinski definition) is 6. The minimum atomic E-state index is -0.129. The van der Waals surface area contributed by atoms with Crippen molar-refractivity contribution in [1.29, 1.82) is 0 Å². The maximum Gasteiger partial charge on any atom is 0.262 e. The van der Waals surface area contributed by atoms with E-state index in [4.69, 9.17) is 9.40 Å². The summed E-state index contributed by atoms with van der Waals surface area (Å²) in [6.45, 7) is 2.01. The highest BCUT2D eigenvalue weighted by Crippen LogP contribution is 2.38. The van der Waals surface area contributed by atoms with Crippen molar-refractivity contribution in [2.75, 3.05) is 0 Å². The Balaban J connectivity index is 1.51. The molecule has 6 nitrogen and oxygen atoms in total. The molecule has 1 aliphatic carbocycles.